The molecule has 4 atom stereocenters. The molecule has 14 nitrogen and oxygen atoms in total. The third kappa shape index (κ3) is 9.10. The lowest BCUT2D eigenvalue weighted by Crippen LogP contribution is -2.54. The van der Waals surface area contributed by atoms with Crippen molar-refractivity contribution >= 4 is 58.0 Å². The van der Waals surface area contributed by atoms with E-state index < -0.39 is 36.4 Å². The second-order valence-corrected chi connectivity index (χ2v) is 14.4. The largest absolute Gasteiger partial charge is 0.453 e. The molecule has 14 heteroatoms. The maximum absolute atomic E-state index is 13.4. The first kappa shape index (κ1) is 39.5. The van der Waals surface area contributed by atoms with Gasteiger partial charge in [0.15, 0.2) is 0 Å². The van der Waals surface area contributed by atoms with Gasteiger partial charge in [0.05, 0.1) is 14.2 Å². The second-order valence-electron chi connectivity index (χ2n) is 14.4. The average Bonchev–Trinajstić information content (AvgIpc) is 3.86. The number of nitrogens with one attached hydrogen (secondary N) is 4. The number of fused-ring (bicyclic) bond motifs is 1. The summed E-state index contributed by atoms with van der Waals surface area (Å²) in [5.74, 6) is -1.58. The Bertz CT molecular complexity index is 1880. The number of nitrogens with zero attached hydrogens (tertiary/aromatic N) is 2. The van der Waals surface area contributed by atoms with Crippen LogP contribution in [0.25, 0.3) is 21.9 Å². The smallest absolute Gasteiger partial charge is 0.407 e. The zero-order chi connectivity index (χ0) is 39.1. The molecule has 4 N–H and O–H groups in total. The molecule has 2 fully saturated rings. The maximum Gasteiger partial charge on any atom is 0.407 e. The van der Waals surface area contributed by atoms with Gasteiger partial charge in [-0.05, 0) is 89.8 Å². The van der Waals surface area contributed by atoms with Crippen LogP contribution >= 0.6 is 0 Å². The van der Waals surface area contributed by atoms with Gasteiger partial charge < -0.3 is 40.5 Å². The zero-order valence-electron chi connectivity index (χ0n) is 31.6. The molecule has 0 radical (unpaired) electrons. The Hall–Kier alpha value is -5.66. The lowest BCUT2D eigenvalue weighted by Gasteiger charge is -2.30. The van der Waals surface area contributed by atoms with Crippen molar-refractivity contribution in [2.45, 2.75) is 77.5 Å². The molecule has 3 aromatic carbocycles. The van der Waals surface area contributed by atoms with Gasteiger partial charge in [0.2, 0.25) is 23.6 Å². The van der Waals surface area contributed by atoms with E-state index in [1.807, 2.05) is 88.4 Å². The summed E-state index contributed by atoms with van der Waals surface area (Å²) >= 11 is 0. The predicted molar refractivity (Wildman–Crippen MR) is 204 cm³/mol. The SMILES string of the molecule is COC(=O)NC(C(=O)N1CCCC1C(=O)Nc1ccc(-c2ccc3cc(NC(=O)C4CCCN4C(=O)C(NC(=O)OC)C(C)C)ccc3c2)cc1)C(C)C. The number of likely N-dealkylation sites (tertiary alicyclic amines) is 2. The molecule has 2 aliphatic heterocycles. The third-order valence-corrected chi connectivity index (χ3v) is 10.1. The minimum atomic E-state index is -0.808. The molecule has 3 aromatic rings. The number of amides is 6. The lowest BCUT2D eigenvalue weighted by atomic mass is 10.0. The van der Waals surface area contributed by atoms with Crippen LogP contribution in [-0.4, -0.2) is 97.1 Å². The molecule has 0 spiro atoms. The molecule has 288 valence electrons. The number of hydrogen-bond acceptors (Lipinski definition) is 8. The summed E-state index contributed by atoms with van der Waals surface area (Å²) in [5.41, 5.74) is 3.10. The highest BCUT2D eigenvalue weighted by molar-refractivity contribution is 6.01. The summed E-state index contributed by atoms with van der Waals surface area (Å²) in [7, 11) is 2.48. The van der Waals surface area contributed by atoms with E-state index in [2.05, 4.69) is 26.0 Å². The second kappa shape index (κ2) is 17.4. The van der Waals surface area contributed by atoms with E-state index in [0.717, 1.165) is 21.9 Å². The van der Waals surface area contributed by atoms with Crippen LogP contribution in [0.2, 0.25) is 0 Å². The first-order valence-corrected chi connectivity index (χ1v) is 18.4. The monoisotopic (exact) mass is 742 g/mol. The van der Waals surface area contributed by atoms with Crippen LogP contribution in [0.4, 0.5) is 21.0 Å². The van der Waals surface area contributed by atoms with E-state index in [-0.39, 0.29) is 35.5 Å². The maximum atomic E-state index is 13.4. The lowest BCUT2D eigenvalue weighted by molar-refractivity contribution is -0.139. The fraction of sp³-hybridized carbons (Fsp3) is 0.450. The summed E-state index contributed by atoms with van der Waals surface area (Å²) in [4.78, 5) is 80.3. The number of rotatable bonds is 11. The number of benzene rings is 3. The van der Waals surface area contributed by atoms with Crippen molar-refractivity contribution in [1.82, 2.24) is 20.4 Å². The van der Waals surface area contributed by atoms with Crippen LogP contribution in [0, 0.1) is 11.8 Å². The molecule has 4 unspecified atom stereocenters. The van der Waals surface area contributed by atoms with Crippen molar-refractivity contribution in [1.29, 1.82) is 0 Å². The van der Waals surface area contributed by atoms with Crippen molar-refractivity contribution in [3.8, 4) is 11.1 Å². The third-order valence-electron chi connectivity index (χ3n) is 10.1. The number of ether oxygens (including phenoxy) is 2. The normalized spacial score (nSPS) is 17.9. The van der Waals surface area contributed by atoms with Crippen molar-refractivity contribution in [2.24, 2.45) is 11.8 Å². The molecule has 5 rings (SSSR count). The summed E-state index contributed by atoms with van der Waals surface area (Å²) < 4.78 is 9.38. The topological polar surface area (TPSA) is 175 Å². The van der Waals surface area contributed by atoms with Gasteiger partial charge in [-0.25, -0.2) is 9.59 Å². The first-order valence-electron chi connectivity index (χ1n) is 18.4. The molecule has 2 saturated heterocycles. The molecule has 2 heterocycles. The van der Waals surface area contributed by atoms with E-state index in [9.17, 15) is 28.8 Å². The number of carbonyl (C=O) groups is 6. The minimum absolute atomic E-state index is 0.194. The summed E-state index contributed by atoms with van der Waals surface area (Å²) in [6.07, 6.45) is 1.01. The minimum Gasteiger partial charge on any atom is -0.453 e. The highest BCUT2D eigenvalue weighted by Crippen LogP contribution is 2.29. The van der Waals surface area contributed by atoms with Gasteiger partial charge in [-0.2, -0.15) is 0 Å². The quantitative estimate of drug-likeness (QED) is 0.209. The van der Waals surface area contributed by atoms with Crippen LogP contribution in [0.1, 0.15) is 53.4 Å². The Balaban J connectivity index is 1.21. The number of methoxy groups -OCH3 is 2. The Morgan fingerprint density at radius 3 is 1.50 bits per heavy atom. The van der Waals surface area contributed by atoms with Crippen LogP contribution in [-0.2, 0) is 28.7 Å². The Morgan fingerprint density at radius 2 is 1.02 bits per heavy atom. The van der Waals surface area contributed by atoms with Crippen LogP contribution in [0.15, 0.2) is 60.7 Å². The standard InChI is InChI=1S/C40H50N6O8/c1-23(2)33(43-39(51)53-5)37(49)45-19-7-9-31(45)35(47)41-29-16-13-25(14-17-29)26-11-12-28-22-30(18-15-27(28)21-26)42-36(48)32-10-8-20-46(32)38(50)34(24(3)4)44-40(52)54-6/h11-18,21-24,31-34H,7-10,19-20H2,1-6H3,(H,41,47)(H,42,48)(H,43,51)(H,44,52). The van der Waals surface area contributed by atoms with Crippen molar-refractivity contribution < 1.29 is 38.2 Å². The molecule has 54 heavy (non-hydrogen) atoms. The summed E-state index contributed by atoms with van der Waals surface area (Å²) in [5, 5.41) is 13.0. The number of hydrogen-bond donors (Lipinski definition) is 4. The Labute approximate surface area is 315 Å². The van der Waals surface area contributed by atoms with Crippen LogP contribution in [0.5, 0.6) is 0 Å². The van der Waals surface area contributed by atoms with Crippen LogP contribution < -0.4 is 21.3 Å². The molecule has 0 saturated carbocycles. The Kier molecular flexibility index (Phi) is 12.8. The van der Waals surface area contributed by atoms with Crippen molar-refractivity contribution in [2.75, 3.05) is 37.9 Å². The molecular formula is C40H50N6O8. The summed E-state index contributed by atoms with van der Waals surface area (Å²) in [6, 6.07) is 16.2. The molecule has 0 aliphatic carbocycles. The van der Waals surface area contributed by atoms with Gasteiger partial charge in [-0.1, -0.05) is 58.0 Å². The summed E-state index contributed by atoms with van der Waals surface area (Å²) in [6.45, 7) is 8.16. The van der Waals surface area contributed by atoms with Gasteiger partial charge >= 0.3 is 12.2 Å². The number of alkyl carbamates (subject to hydrolysis) is 2. The molecular weight excluding hydrogens is 692 g/mol. The van der Waals surface area contributed by atoms with Crippen molar-refractivity contribution in [3.63, 3.8) is 0 Å². The van der Waals surface area contributed by atoms with E-state index in [4.69, 9.17) is 4.74 Å². The van der Waals surface area contributed by atoms with Gasteiger partial charge in [0.1, 0.15) is 24.2 Å². The highest BCUT2D eigenvalue weighted by atomic mass is 16.5. The van der Waals surface area contributed by atoms with Gasteiger partial charge in [-0.3, -0.25) is 19.2 Å². The first-order chi connectivity index (χ1) is 25.8. The van der Waals surface area contributed by atoms with Crippen molar-refractivity contribution in [3.05, 3.63) is 60.7 Å². The predicted octanol–water partition coefficient (Wildman–Crippen LogP) is 5.13. The van der Waals surface area contributed by atoms with E-state index >= 15 is 0 Å². The van der Waals surface area contributed by atoms with E-state index in [1.165, 1.54) is 19.1 Å². The average molecular weight is 743 g/mol. The number of anilines is 2. The van der Waals surface area contributed by atoms with E-state index in [1.54, 1.807) is 4.90 Å². The molecule has 0 aromatic heterocycles. The van der Waals surface area contributed by atoms with Gasteiger partial charge in [0, 0.05) is 24.5 Å². The fourth-order valence-corrected chi connectivity index (χ4v) is 7.06. The molecule has 0 bridgehead atoms. The highest BCUT2D eigenvalue weighted by Gasteiger charge is 2.40. The fourth-order valence-electron chi connectivity index (χ4n) is 7.06. The Morgan fingerprint density at radius 1 is 0.593 bits per heavy atom. The number of carbonyl (C=O) groups excluding carboxylic acids is 6. The van der Waals surface area contributed by atoms with Gasteiger partial charge in [-0.15, -0.1) is 0 Å². The molecule has 2 aliphatic rings. The van der Waals surface area contributed by atoms with E-state index in [0.29, 0.717) is 50.1 Å². The van der Waals surface area contributed by atoms with Crippen LogP contribution in [0.3, 0.4) is 0 Å². The van der Waals surface area contributed by atoms with Gasteiger partial charge in [0.25, 0.3) is 0 Å². The molecule has 6 amide bonds. The zero-order valence-corrected chi connectivity index (χ0v) is 31.6.